The summed E-state index contributed by atoms with van der Waals surface area (Å²) in [6.07, 6.45) is 4.68. The van der Waals surface area contributed by atoms with Gasteiger partial charge >= 0.3 is 0 Å². The van der Waals surface area contributed by atoms with Crippen molar-refractivity contribution in [2.24, 2.45) is 0 Å². The minimum absolute atomic E-state index is 0.000663. The summed E-state index contributed by atoms with van der Waals surface area (Å²) in [6, 6.07) is 0. The normalized spacial score (nSPS) is 12.3. The summed E-state index contributed by atoms with van der Waals surface area (Å²) in [5.41, 5.74) is 10.2. The standard InChI is InChI=1S/C19H34N2O2S.C18H32N2O2S.2C17H30N2O2S.C16H28N2O2S.C15H26N2O2S/c1-7-9-21(10-8-2)12-14-23-13-11-20(6)16-15(19(3,4)5)18(24)17(16)22;1-7-9-20(8-2)11-13-22-12-10-19(6)15-14(18(3,4)5)17(23)16(15)21;1-7-8-18(5)9-11-21-12-10-19(6)14-13(17(2,3)4)16(22)15(14)20;1-7-19(8-2)10-12-21-11-9-18(6)14-13(17(3,4)5)16(22)15(14)20;1-7-17(5)8-10-20-11-9-18(6)13-12(16(2,3)4)15(21)14(13)19;1-15(2,3)11-12(13(18)14(11)20)17(6)8-10-19-9-7-16(4)5/h7-14H2,1-6H3;7-13H2,1-6H3;2*7-12H2,1-6H3;7-11H2,1-6H3;7-10H2,1-6H3. The van der Waals surface area contributed by atoms with Crippen LogP contribution in [0.1, 0.15) is 239 Å². The highest BCUT2D eigenvalue weighted by molar-refractivity contribution is 7.72. The highest BCUT2D eigenvalue weighted by atomic mass is 32.1. The maximum Gasteiger partial charge on any atom is 0.220 e. The Morgan fingerprint density at radius 2 is 0.379 bits per heavy atom. The van der Waals surface area contributed by atoms with Gasteiger partial charge in [0, 0.05) is 154 Å². The van der Waals surface area contributed by atoms with Gasteiger partial charge in [-0.3, -0.25) is 28.8 Å². The van der Waals surface area contributed by atoms with Crippen molar-refractivity contribution in [3.8, 4) is 0 Å². The molecule has 0 N–H and O–H groups in total. The van der Waals surface area contributed by atoms with Crippen LogP contribution >= 0.6 is 73.3 Å². The van der Waals surface area contributed by atoms with Crippen molar-refractivity contribution in [2.75, 3.05) is 310 Å². The fourth-order valence-electron chi connectivity index (χ4n) is 15.3. The smallest absolute Gasteiger partial charge is 0.220 e. The van der Waals surface area contributed by atoms with Crippen molar-refractivity contribution in [1.82, 2.24) is 29.4 Å². The molecule has 6 aromatic carbocycles. The van der Waals surface area contributed by atoms with E-state index in [2.05, 4.69) is 224 Å². The van der Waals surface area contributed by atoms with Gasteiger partial charge in [-0.1, -0.05) is 253 Å². The van der Waals surface area contributed by atoms with Crippen molar-refractivity contribution in [2.45, 2.75) is 238 Å². The quantitative estimate of drug-likeness (QED) is 0.0258. The SMILES string of the molecule is CCCN(C)CCOCCN(C)c1c(C(C)(C)C)c(=S)c1=O.CCCN(CC)CCOCCN(C)c1c(C(C)(C)C)c(=S)c1=O.CCCN(CCC)CCOCCN(C)c1c(C(C)(C)C)c(=S)c1=O.CCN(C)CCOCCN(C)c1c(C(C)(C)C)c(=S)c1=O.CCN(CC)CCOCCN(C)c1c(C(C)(C)C)c(=S)c1=O.CN(C)CCOCCN(C)c1c(C(C)(C)C)c(=S)c1=O. The molecule has 6 rings (SSSR count). The van der Waals surface area contributed by atoms with Gasteiger partial charge in [-0.25, -0.2) is 0 Å². The predicted octanol–water partition coefficient (Wildman–Crippen LogP) is 16.5. The molecular formula is C102H180N12O12S6. The van der Waals surface area contributed by atoms with Crippen LogP contribution < -0.4 is 62.0 Å². The summed E-state index contributed by atoms with van der Waals surface area (Å²) in [5, 5.41) is 0. The van der Waals surface area contributed by atoms with Gasteiger partial charge in [0.05, 0.1) is 140 Å². The monoisotopic (exact) mass is 1960 g/mol. The predicted molar refractivity (Wildman–Crippen MR) is 579 cm³/mol. The van der Waals surface area contributed by atoms with Crippen molar-refractivity contribution in [1.29, 1.82) is 0 Å². The van der Waals surface area contributed by atoms with Gasteiger partial charge in [0.2, 0.25) is 32.6 Å². The van der Waals surface area contributed by atoms with Crippen molar-refractivity contribution < 1.29 is 28.4 Å². The Bertz CT molecular complexity index is 4770. The average Bonchev–Trinajstić information content (AvgIpc) is 0.779. The number of nitrogens with zero attached hydrogens (tertiary/aromatic N) is 12. The molecule has 0 aliphatic heterocycles. The Kier molecular flexibility index (Phi) is 57.3. The molecule has 0 saturated carbocycles. The van der Waals surface area contributed by atoms with Gasteiger partial charge in [0.1, 0.15) is 0 Å². The third kappa shape index (κ3) is 40.3. The van der Waals surface area contributed by atoms with Crippen LogP contribution in [-0.2, 0) is 60.9 Å². The average molecular weight is 1960 g/mol. The molecule has 0 unspecified atom stereocenters. The summed E-state index contributed by atoms with van der Waals surface area (Å²) in [7, 11) is 19.8. The van der Waals surface area contributed by atoms with E-state index in [1.165, 1.54) is 19.3 Å². The van der Waals surface area contributed by atoms with Gasteiger partial charge in [-0.15, -0.1) is 0 Å². The molecule has 0 heterocycles. The lowest BCUT2D eigenvalue weighted by Crippen LogP contribution is -2.36. The lowest BCUT2D eigenvalue weighted by molar-refractivity contribution is 0.108. The molecular weight excluding hydrogens is 1780 g/mol. The lowest BCUT2D eigenvalue weighted by Gasteiger charge is -2.30. The Labute approximate surface area is 829 Å². The zero-order valence-corrected chi connectivity index (χ0v) is 94.1. The largest absolute Gasteiger partial charge is 0.378 e. The molecule has 6 aromatic rings. The van der Waals surface area contributed by atoms with Crippen LogP contribution in [0.4, 0.5) is 34.1 Å². The first-order valence-corrected chi connectivity index (χ1v) is 50.7. The topological polar surface area (TPSA) is 197 Å². The van der Waals surface area contributed by atoms with Crippen LogP contribution in [0.25, 0.3) is 0 Å². The molecule has 0 aliphatic rings. The van der Waals surface area contributed by atoms with Crippen molar-refractivity contribution in [3.05, 3.63) is 122 Å². The Balaban J connectivity index is 0.000000793. The van der Waals surface area contributed by atoms with E-state index in [4.69, 9.17) is 102 Å². The first-order valence-electron chi connectivity index (χ1n) is 48.2. The Morgan fingerprint density at radius 3 is 0.568 bits per heavy atom. The fourth-order valence-corrected chi connectivity index (χ4v) is 18.3. The number of hydrogen-bond acceptors (Lipinski definition) is 30. The van der Waals surface area contributed by atoms with E-state index in [0.29, 0.717) is 113 Å². The fraction of sp³-hybridized carbons (Fsp3) is 0.765. The first-order chi connectivity index (χ1) is 61.3. The number of anilines is 6. The van der Waals surface area contributed by atoms with Crippen LogP contribution in [0.15, 0.2) is 28.8 Å². The zero-order chi connectivity index (χ0) is 101. The van der Waals surface area contributed by atoms with Gasteiger partial charge in [-0.2, -0.15) is 0 Å². The molecule has 24 nitrogen and oxygen atoms in total. The molecule has 132 heavy (non-hydrogen) atoms. The summed E-state index contributed by atoms with van der Waals surface area (Å²) in [6.45, 7) is 81.7. The minimum atomic E-state index is -0.0871. The second kappa shape index (κ2) is 60.3. The second-order valence-corrected chi connectivity index (χ2v) is 43.7. The van der Waals surface area contributed by atoms with Crippen LogP contribution in [0.2, 0.25) is 0 Å². The van der Waals surface area contributed by atoms with Gasteiger partial charge in [0.15, 0.2) is 0 Å². The molecule has 0 radical (unpaired) electrons. The number of ether oxygens (including phenoxy) is 6. The summed E-state index contributed by atoms with van der Waals surface area (Å²) >= 11 is 31.3. The van der Waals surface area contributed by atoms with E-state index < -0.39 is 0 Å². The maximum atomic E-state index is 12.1. The number of hydrogen-bond donors (Lipinski definition) is 0. The summed E-state index contributed by atoms with van der Waals surface area (Å²) in [5.74, 6) is 0. The third-order valence-corrected chi connectivity index (χ3v) is 25.5. The van der Waals surface area contributed by atoms with E-state index >= 15 is 0 Å². The molecule has 756 valence electrons. The Hall–Kier alpha value is -4.68. The van der Waals surface area contributed by atoms with Gasteiger partial charge in [-0.05, 0) is 139 Å². The summed E-state index contributed by atoms with van der Waals surface area (Å²) < 4.78 is 37.1. The lowest BCUT2D eigenvalue weighted by atomic mass is 9.82. The second-order valence-electron chi connectivity index (χ2n) is 41.3. The zero-order valence-electron chi connectivity index (χ0n) is 89.2. The van der Waals surface area contributed by atoms with E-state index in [1.807, 2.05) is 85.8 Å². The van der Waals surface area contributed by atoms with Crippen LogP contribution in [-0.4, -0.2) is 310 Å². The Morgan fingerprint density at radius 1 is 0.205 bits per heavy atom. The molecule has 0 bridgehead atoms. The highest BCUT2D eigenvalue weighted by Crippen LogP contribution is 2.38. The van der Waals surface area contributed by atoms with Crippen LogP contribution in [0.5, 0.6) is 0 Å². The molecule has 0 saturated heterocycles. The molecule has 0 atom stereocenters. The molecule has 0 fully saturated rings. The number of rotatable bonds is 54. The minimum Gasteiger partial charge on any atom is -0.378 e. The van der Waals surface area contributed by atoms with E-state index in [1.54, 1.807) is 0 Å². The van der Waals surface area contributed by atoms with E-state index in [9.17, 15) is 28.8 Å². The van der Waals surface area contributed by atoms with Crippen LogP contribution in [0, 0.1) is 27.1 Å². The molecule has 30 heteroatoms. The van der Waals surface area contributed by atoms with E-state index in [0.717, 1.165) is 199 Å². The maximum absolute atomic E-state index is 12.1. The molecule has 0 aliphatic carbocycles. The summed E-state index contributed by atoms with van der Waals surface area (Å²) in [4.78, 5) is 97.7. The number of likely N-dealkylation sites (N-methyl/N-ethyl adjacent to an activating group) is 11. The molecule has 0 amide bonds. The van der Waals surface area contributed by atoms with Crippen molar-refractivity contribution >= 4 is 107 Å². The molecule has 0 aromatic heterocycles. The first kappa shape index (κ1) is 125. The third-order valence-electron chi connectivity index (χ3n) is 23.2. The van der Waals surface area contributed by atoms with Crippen LogP contribution in [0.3, 0.4) is 0 Å². The van der Waals surface area contributed by atoms with Crippen molar-refractivity contribution in [3.63, 3.8) is 0 Å². The molecule has 0 spiro atoms. The van der Waals surface area contributed by atoms with Gasteiger partial charge < -0.3 is 87.2 Å². The van der Waals surface area contributed by atoms with Gasteiger partial charge in [0.25, 0.3) is 0 Å². The van der Waals surface area contributed by atoms with E-state index in [-0.39, 0.29) is 65.1 Å². The highest BCUT2D eigenvalue weighted by Gasteiger charge is 2.36.